The molecule has 0 aliphatic rings. The van der Waals surface area contributed by atoms with Crippen LogP contribution in [-0.4, -0.2) is 18.1 Å². The van der Waals surface area contributed by atoms with Gasteiger partial charge in [-0.1, -0.05) is 11.8 Å². The fourth-order valence-electron chi connectivity index (χ4n) is 0.290. The van der Waals surface area contributed by atoms with Crippen LogP contribution in [0.25, 0.3) is 0 Å². The Labute approximate surface area is 49.6 Å². The second-order valence-corrected chi connectivity index (χ2v) is 1.31. The van der Waals surface area contributed by atoms with Gasteiger partial charge >= 0.3 is 0 Å². The fourth-order valence-corrected chi connectivity index (χ4v) is 0.290. The van der Waals surface area contributed by atoms with Gasteiger partial charge in [-0.15, -0.1) is 12.8 Å². The molecule has 0 rings (SSSR count). The highest BCUT2D eigenvalue weighted by atomic mass is 15.4. The molecular formula is C6H8N2. The molecule has 0 spiro atoms. The van der Waals surface area contributed by atoms with Crippen molar-refractivity contribution in [1.82, 2.24) is 5.01 Å². The van der Waals surface area contributed by atoms with Crippen LogP contribution in [0.3, 0.4) is 0 Å². The summed E-state index contributed by atoms with van der Waals surface area (Å²) >= 11 is 0. The van der Waals surface area contributed by atoms with Gasteiger partial charge in [0.15, 0.2) is 0 Å². The van der Waals surface area contributed by atoms with E-state index in [0.29, 0.717) is 13.1 Å². The van der Waals surface area contributed by atoms with Crippen LogP contribution in [-0.2, 0) is 0 Å². The summed E-state index contributed by atoms with van der Waals surface area (Å²) in [6.45, 7) is 0.814. The lowest BCUT2D eigenvalue weighted by Crippen LogP contribution is -2.31. The summed E-state index contributed by atoms with van der Waals surface area (Å²) in [5.41, 5.74) is 0. The molecule has 2 heteroatoms. The van der Waals surface area contributed by atoms with E-state index in [2.05, 4.69) is 11.8 Å². The van der Waals surface area contributed by atoms with E-state index in [0.717, 1.165) is 0 Å². The van der Waals surface area contributed by atoms with E-state index < -0.39 is 0 Å². The largest absolute Gasteiger partial charge is 0.267 e. The third kappa shape index (κ3) is 3.24. The molecule has 2 N–H and O–H groups in total. The zero-order valence-electron chi connectivity index (χ0n) is 4.59. The van der Waals surface area contributed by atoms with Crippen LogP contribution in [0.5, 0.6) is 0 Å². The molecule has 0 aromatic heterocycles. The van der Waals surface area contributed by atoms with E-state index in [1.54, 1.807) is 0 Å². The lowest BCUT2D eigenvalue weighted by molar-refractivity contribution is 0.362. The average Bonchev–Trinajstić information content (AvgIpc) is 1.68. The van der Waals surface area contributed by atoms with Crippen molar-refractivity contribution in [3.63, 3.8) is 0 Å². The van der Waals surface area contributed by atoms with Gasteiger partial charge in [-0.3, -0.25) is 5.84 Å². The molecule has 0 atom stereocenters. The molecule has 0 saturated carbocycles. The fraction of sp³-hybridized carbons (Fsp3) is 0.333. The van der Waals surface area contributed by atoms with Gasteiger partial charge in [0.05, 0.1) is 13.1 Å². The average molecular weight is 108 g/mol. The minimum absolute atomic E-state index is 0.407. The number of hydrazine groups is 1. The second-order valence-electron chi connectivity index (χ2n) is 1.31. The summed E-state index contributed by atoms with van der Waals surface area (Å²) < 4.78 is 0. The third-order valence-corrected chi connectivity index (χ3v) is 0.589. The van der Waals surface area contributed by atoms with Crippen molar-refractivity contribution in [2.45, 2.75) is 0 Å². The Kier molecular flexibility index (Phi) is 3.70. The number of nitrogens with zero attached hydrogens (tertiary/aromatic N) is 1. The highest BCUT2D eigenvalue weighted by molar-refractivity contribution is 4.92. The van der Waals surface area contributed by atoms with Crippen LogP contribution in [0.15, 0.2) is 0 Å². The van der Waals surface area contributed by atoms with Crippen molar-refractivity contribution in [1.29, 1.82) is 0 Å². The Morgan fingerprint density at radius 2 is 1.62 bits per heavy atom. The van der Waals surface area contributed by atoms with Gasteiger partial charge in [-0.25, -0.2) is 5.01 Å². The maximum absolute atomic E-state index is 5.24. The molecule has 0 saturated heterocycles. The normalized spacial score (nSPS) is 8.00. The van der Waals surface area contributed by atoms with E-state index in [4.69, 9.17) is 18.7 Å². The highest BCUT2D eigenvalue weighted by Crippen LogP contribution is 1.69. The molecule has 0 fully saturated rings. The molecule has 0 amide bonds. The standard InChI is InChI=1S/C6H8N2/c1-3-5-8(7)6-4-2/h1-2H,5-7H2. The number of rotatable bonds is 2. The van der Waals surface area contributed by atoms with E-state index >= 15 is 0 Å². The SMILES string of the molecule is C#CCN(N)CC#C. The maximum Gasteiger partial charge on any atom is 0.0748 e. The van der Waals surface area contributed by atoms with Gasteiger partial charge in [0.2, 0.25) is 0 Å². The van der Waals surface area contributed by atoms with Crippen LogP contribution in [0.1, 0.15) is 0 Å². The lowest BCUT2D eigenvalue weighted by Gasteiger charge is -2.05. The zero-order chi connectivity index (χ0) is 6.41. The summed E-state index contributed by atoms with van der Waals surface area (Å²) in [7, 11) is 0. The summed E-state index contributed by atoms with van der Waals surface area (Å²) in [5.74, 6) is 9.96. The first-order valence-corrected chi connectivity index (χ1v) is 2.18. The maximum atomic E-state index is 5.24. The van der Waals surface area contributed by atoms with Crippen molar-refractivity contribution in [3.8, 4) is 24.7 Å². The van der Waals surface area contributed by atoms with Crippen LogP contribution in [0.2, 0.25) is 0 Å². The number of nitrogens with two attached hydrogens (primary N) is 1. The third-order valence-electron chi connectivity index (χ3n) is 0.589. The molecule has 0 aliphatic carbocycles. The highest BCUT2D eigenvalue weighted by Gasteiger charge is 1.87. The summed E-state index contributed by atoms with van der Waals surface area (Å²) in [4.78, 5) is 0. The van der Waals surface area contributed by atoms with Crippen molar-refractivity contribution in [2.24, 2.45) is 5.84 Å². The molecule has 8 heavy (non-hydrogen) atoms. The van der Waals surface area contributed by atoms with E-state index in [-0.39, 0.29) is 0 Å². The predicted molar refractivity (Wildman–Crippen MR) is 33.4 cm³/mol. The first kappa shape index (κ1) is 7.04. The molecule has 42 valence electrons. The molecule has 0 radical (unpaired) electrons. The Hall–Kier alpha value is -0.960. The van der Waals surface area contributed by atoms with Gasteiger partial charge in [0, 0.05) is 0 Å². The van der Waals surface area contributed by atoms with Crippen LogP contribution in [0, 0.1) is 24.7 Å². The molecule has 0 aliphatic heterocycles. The quantitative estimate of drug-likeness (QED) is 0.291. The minimum atomic E-state index is 0.407. The number of hydrogen-bond donors (Lipinski definition) is 1. The molecule has 0 heterocycles. The van der Waals surface area contributed by atoms with Crippen LogP contribution in [0.4, 0.5) is 0 Å². The van der Waals surface area contributed by atoms with E-state index in [1.807, 2.05) is 0 Å². The Morgan fingerprint density at radius 1 is 1.25 bits per heavy atom. The van der Waals surface area contributed by atoms with Gasteiger partial charge in [0.1, 0.15) is 0 Å². The smallest absolute Gasteiger partial charge is 0.0748 e. The Morgan fingerprint density at radius 3 is 1.88 bits per heavy atom. The predicted octanol–water partition coefficient (Wildman–Crippen LogP) is -0.571. The molecular weight excluding hydrogens is 100 g/mol. The van der Waals surface area contributed by atoms with Crippen LogP contribution < -0.4 is 5.84 Å². The van der Waals surface area contributed by atoms with E-state index in [1.165, 1.54) is 5.01 Å². The van der Waals surface area contributed by atoms with Crippen LogP contribution >= 0.6 is 0 Å². The summed E-state index contributed by atoms with van der Waals surface area (Å²) in [6.07, 6.45) is 9.84. The molecule has 0 aromatic rings. The van der Waals surface area contributed by atoms with Crippen molar-refractivity contribution < 1.29 is 0 Å². The van der Waals surface area contributed by atoms with Gasteiger partial charge in [0.25, 0.3) is 0 Å². The second kappa shape index (κ2) is 4.21. The van der Waals surface area contributed by atoms with Crippen molar-refractivity contribution >= 4 is 0 Å². The first-order valence-electron chi connectivity index (χ1n) is 2.18. The van der Waals surface area contributed by atoms with Gasteiger partial charge in [-0.05, 0) is 0 Å². The first-order chi connectivity index (χ1) is 3.81. The molecule has 0 bridgehead atoms. The Balaban J connectivity index is 3.25. The van der Waals surface area contributed by atoms with Gasteiger partial charge < -0.3 is 0 Å². The van der Waals surface area contributed by atoms with Crippen molar-refractivity contribution in [2.75, 3.05) is 13.1 Å². The minimum Gasteiger partial charge on any atom is -0.267 e. The summed E-state index contributed by atoms with van der Waals surface area (Å²) in [6, 6.07) is 0. The number of hydrogen-bond acceptors (Lipinski definition) is 2. The number of terminal acetylenes is 2. The monoisotopic (exact) mass is 108 g/mol. The molecule has 0 unspecified atom stereocenters. The molecule has 2 nitrogen and oxygen atoms in total. The van der Waals surface area contributed by atoms with Gasteiger partial charge in [-0.2, -0.15) is 0 Å². The summed E-state index contributed by atoms with van der Waals surface area (Å²) in [5, 5.41) is 1.39. The Bertz CT molecular complexity index is 110. The van der Waals surface area contributed by atoms with E-state index in [9.17, 15) is 0 Å². The zero-order valence-corrected chi connectivity index (χ0v) is 4.59. The lowest BCUT2D eigenvalue weighted by atomic mass is 10.6. The topological polar surface area (TPSA) is 29.3 Å². The molecule has 0 aromatic carbocycles. The van der Waals surface area contributed by atoms with Crippen molar-refractivity contribution in [3.05, 3.63) is 0 Å².